The summed E-state index contributed by atoms with van der Waals surface area (Å²) in [6.07, 6.45) is 1.71. The second-order valence-corrected chi connectivity index (χ2v) is 7.29. The van der Waals surface area contributed by atoms with Crippen LogP contribution in [0.2, 0.25) is 5.02 Å². The molecule has 0 fully saturated rings. The van der Waals surface area contributed by atoms with Crippen molar-refractivity contribution in [1.29, 1.82) is 0 Å². The van der Waals surface area contributed by atoms with Crippen LogP contribution in [-0.2, 0) is 12.3 Å². The van der Waals surface area contributed by atoms with Crippen molar-refractivity contribution in [1.82, 2.24) is 14.5 Å². The number of fused-ring (bicyclic) bond motifs is 3. The van der Waals surface area contributed by atoms with Crippen LogP contribution in [-0.4, -0.2) is 14.5 Å². The van der Waals surface area contributed by atoms with Crippen LogP contribution in [0.1, 0.15) is 5.56 Å². The van der Waals surface area contributed by atoms with Gasteiger partial charge in [0, 0.05) is 28.2 Å². The molecular formula is C20H16ClN3OS. The third kappa shape index (κ3) is 3.04. The Morgan fingerprint density at radius 2 is 1.96 bits per heavy atom. The largest absolute Gasteiger partial charge is 0.349 e. The normalized spacial score (nSPS) is 11.3. The van der Waals surface area contributed by atoms with Crippen molar-refractivity contribution in [2.45, 2.75) is 17.5 Å². The standard InChI is InChI=1S/C20H16ClN3OS/c1-2-11-24-19(25)18-17(15-5-3-4-6-16(15)22-18)23-20(24)26-12-13-7-9-14(21)10-8-13/h2-10,22H,1,11-12H2. The highest BCUT2D eigenvalue weighted by Crippen LogP contribution is 2.26. The quantitative estimate of drug-likeness (QED) is 0.300. The molecule has 0 atom stereocenters. The molecule has 0 radical (unpaired) electrons. The minimum absolute atomic E-state index is 0.0790. The first-order valence-corrected chi connectivity index (χ1v) is 9.53. The van der Waals surface area contributed by atoms with E-state index in [-0.39, 0.29) is 5.56 Å². The summed E-state index contributed by atoms with van der Waals surface area (Å²) in [4.78, 5) is 21.0. The number of thioether (sulfide) groups is 1. The zero-order chi connectivity index (χ0) is 18.1. The maximum atomic E-state index is 13.0. The van der Waals surface area contributed by atoms with Crippen molar-refractivity contribution in [3.8, 4) is 0 Å². The average molecular weight is 382 g/mol. The predicted molar refractivity (Wildman–Crippen MR) is 109 cm³/mol. The summed E-state index contributed by atoms with van der Waals surface area (Å²) in [5.74, 6) is 0.703. The smallest absolute Gasteiger partial charge is 0.278 e. The molecule has 0 aliphatic heterocycles. The Hall–Kier alpha value is -2.50. The number of nitrogens with zero attached hydrogens (tertiary/aromatic N) is 2. The number of benzene rings is 2. The van der Waals surface area contributed by atoms with Gasteiger partial charge >= 0.3 is 0 Å². The van der Waals surface area contributed by atoms with Crippen LogP contribution in [0.3, 0.4) is 0 Å². The second-order valence-electron chi connectivity index (χ2n) is 5.91. The van der Waals surface area contributed by atoms with Crippen LogP contribution in [0.25, 0.3) is 21.9 Å². The Labute approximate surface area is 159 Å². The fourth-order valence-corrected chi connectivity index (χ4v) is 3.99. The zero-order valence-electron chi connectivity index (χ0n) is 13.9. The molecule has 0 saturated heterocycles. The van der Waals surface area contributed by atoms with Crippen molar-refractivity contribution in [2.24, 2.45) is 0 Å². The number of rotatable bonds is 5. The second kappa shape index (κ2) is 7.02. The third-order valence-electron chi connectivity index (χ3n) is 4.17. The molecular weight excluding hydrogens is 366 g/mol. The molecule has 2 heterocycles. The number of H-pyrrole nitrogens is 1. The van der Waals surface area contributed by atoms with Gasteiger partial charge in [0.1, 0.15) is 11.0 Å². The van der Waals surface area contributed by atoms with Crippen LogP contribution >= 0.6 is 23.4 Å². The molecule has 0 amide bonds. The van der Waals surface area contributed by atoms with E-state index in [9.17, 15) is 4.79 Å². The van der Waals surface area contributed by atoms with Crippen molar-refractivity contribution >= 4 is 45.3 Å². The van der Waals surface area contributed by atoms with E-state index in [1.807, 2.05) is 48.5 Å². The highest BCUT2D eigenvalue weighted by molar-refractivity contribution is 7.98. The van der Waals surface area contributed by atoms with E-state index >= 15 is 0 Å². The molecule has 2 aromatic carbocycles. The van der Waals surface area contributed by atoms with Gasteiger partial charge in [0.2, 0.25) is 0 Å². The van der Waals surface area contributed by atoms with Crippen LogP contribution in [0.4, 0.5) is 0 Å². The topological polar surface area (TPSA) is 50.7 Å². The molecule has 130 valence electrons. The molecule has 0 saturated carbocycles. The van der Waals surface area contributed by atoms with E-state index in [2.05, 4.69) is 11.6 Å². The Bertz CT molecular complexity index is 1160. The SMILES string of the molecule is C=CCn1c(SCc2ccc(Cl)cc2)nc2c([nH]c3ccccc32)c1=O. The molecule has 4 nitrogen and oxygen atoms in total. The highest BCUT2D eigenvalue weighted by atomic mass is 35.5. The minimum atomic E-state index is -0.0790. The zero-order valence-corrected chi connectivity index (χ0v) is 15.5. The molecule has 4 aromatic rings. The predicted octanol–water partition coefficient (Wildman–Crippen LogP) is 5.01. The number of halogens is 1. The maximum Gasteiger partial charge on any atom is 0.278 e. The van der Waals surface area contributed by atoms with Gasteiger partial charge in [0.25, 0.3) is 5.56 Å². The first kappa shape index (κ1) is 16.9. The van der Waals surface area contributed by atoms with E-state index in [1.165, 1.54) is 11.8 Å². The molecule has 1 N–H and O–H groups in total. The molecule has 0 bridgehead atoms. The molecule has 0 aliphatic carbocycles. The van der Waals surface area contributed by atoms with Gasteiger partial charge in [-0.3, -0.25) is 9.36 Å². The Morgan fingerprint density at radius 1 is 1.19 bits per heavy atom. The Kier molecular flexibility index (Phi) is 4.57. The van der Waals surface area contributed by atoms with Crippen LogP contribution in [0.5, 0.6) is 0 Å². The van der Waals surface area contributed by atoms with Crippen molar-refractivity contribution < 1.29 is 0 Å². The summed E-state index contributed by atoms with van der Waals surface area (Å²) in [5.41, 5.74) is 3.20. The van der Waals surface area contributed by atoms with Gasteiger partial charge in [0.05, 0.1) is 0 Å². The summed E-state index contributed by atoms with van der Waals surface area (Å²) in [6, 6.07) is 15.5. The fraction of sp³-hybridized carbons (Fsp3) is 0.100. The van der Waals surface area contributed by atoms with E-state index in [0.717, 1.165) is 16.5 Å². The molecule has 26 heavy (non-hydrogen) atoms. The lowest BCUT2D eigenvalue weighted by Crippen LogP contribution is -2.22. The molecule has 2 aromatic heterocycles. The number of hydrogen-bond acceptors (Lipinski definition) is 3. The lowest BCUT2D eigenvalue weighted by molar-refractivity contribution is 0.671. The number of aromatic nitrogens is 3. The van der Waals surface area contributed by atoms with Gasteiger partial charge in [-0.1, -0.05) is 59.8 Å². The highest BCUT2D eigenvalue weighted by Gasteiger charge is 2.15. The van der Waals surface area contributed by atoms with E-state index in [1.54, 1.807) is 10.6 Å². The lowest BCUT2D eigenvalue weighted by atomic mass is 10.2. The van der Waals surface area contributed by atoms with Crippen molar-refractivity contribution in [3.63, 3.8) is 0 Å². The van der Waals surface area contributed by atoms with Gasteiger partial charge in [-0.2, -0.15) is 0 Å². The molecule has 0 spiro atoms. The summed E-state index contributed by atoms with van der Waals surface area (Å²) < 4.78 is 1.66. The number of para-hydroxylation sites is 1. The monoisotopic (exact) mass is 381 g/mol. The van der Waals surface area contributed by atoms with Gasteiger partial charge < -0.3 is 4.98 Å². The molecule has 0 aliphatic rings. The van der Waals surface area contributed by atoms with E-state index < -0.39 is 0 Å². The maximum absolute atomic E-state index is 13.0. The number of nitrogens with one attached hydrogen (secondary N) is 1. The number of allylic oxidation sites excluding steroid dienone is 1. The molecule has 0 unspecified atom stereocenters. The van der Waals surface area contributed by atoms with Crippen LogP contribution < -0.4 is 5.56 Å². The van der Waals surface area contributed by atoms with Gasteiger partial charge in [-0.05, 0) is 23.8 Å². The number of hydrogen-bond donors (Lipinski definition) is 1. The van der Waals surface area contributed by atoms with Crippen LogP contribution in [0.15, 0.2) is 71.1 Å². The molecule has 4 rings (SSSR count). The summed E-state index contributed by atoms with van der Waals surface area (Å²) in [7, 11) is 0. The van der Waals surface area contributed by atoms with Gasteiger partial charge in [-0.15, -0.1) is 6.58 Å². The molecule has 6 heteroatoms. The average Bonchev–Trinajstić information content (AvgIpc) is 3.03. The minimum Gasteiger partial charge on any atom is -0.349 e. The first-order valence-electron chi connectivity index (χ1n) is 8.17. The van der Waals surface area contributed by atoms with Crippen LogP contribution in [0, 0.1) is 0 Å². The Balaban J connectivity index is 1.82. The van der Waals surface area contributed by atoms with Gasteiger partial charge in [-0.25, -0.2) is 4.98 Å². The third-order valence-corrected chi connectivity index (χ3v) is 5.47. The van der Waals surface area contributed by atoms with Crippen molar-refractivity contribution in [3.05, 3.63) is 82.1 Å². The number of aromatic amines is 1. The summed E-state index contributed by atoms with van der Waals surface area (Å²) in [6.45, 7) is 4.18. The van der Waals surface area contributed by atoms with Crippen molar-refractivity contribution in [2.75, 3.05) is 0 Å². The lowest BCUT2D eigenvalue weighted by Gasteiger charge is -2.10. The Morgan fingerprint density at radius 3 is 2.73 bits per heavy atom. The van der Waals surface area contributed by atoms with Gasteiger partial charge in [0.15, 0.2) is 5.16 Å². The first-order chi connectivity index (χ1) is 12.7. The van der Waals surface area contributed by atoms with E-state index in [0.29, 0.717) is 33.5 Å². The summed E-state index contributed by atoms with van der Waals surface area (Å²) >= 11 is 7.48. The summed E-state index contributed by atoms with van der Waals surface area (Å²) in [5, 5.41) is 2.35. The fourth-order valence-electron chi connectivity index (χ4n) is 2.90. The van der Waals surface area contributed by atoms with E-state index in [4.69, 9.17) is 16.6 Å².